The van der Waals surface area contributed by atoms with Crippen molar-refractivity contribution >= 4 is 58.2 Å². The zero-order valence-electron chi connectivity index (χ0n) is 16.1. The molecule has 0 saturated heterocycles. The fourth-order valence-corrected chi connectivity index (χ4v) is 3.77. The van der Waals surface area contributed by atoms with Crippen LogP contribution in [-0.4, -0.2) is 29.3 Å². The molecule has 0 fully saturated rings. The van der Waals surface area contributed by atoms with Crippen LogP contribution in [0.4, 0.5) is 0 Å². The molecule has 2 aromatic rings. The van der Waals surface area contributed by atoms with Crippen LogP contribution in [0, 0.1) is 0 Å². The average molecular weight is 476 g/mol. The highest BCUT2D eigenvalue weighted by Crippen LogP contribution is 2.25. The molecule has 0 saturated carbocycles. The van der Waals surface area contributed by atoms with E-state index in [1.54, 1.807) is 41.3 Å². The number of halogens is 4. The Bertz CT molecular complexity index is 889. The fourth-order valence-electron chi connectivity index (χ4n) is 2.98. The van der Waals surface area contributed by atoms with Crippen molar-refractivity contribution in [1.82, 2.24) is 10.2 Å². The molecule has 0 unspecified atom stereocenters. The summed E-state index contributed by atoms with van der Waals surface area (Å²) in [5, 5.41) is 4.52. The van der Waals surface area contributed by atoms with E-state index in [-0.39, 0.29) is 24.8 Å². The highest BCUT2D eigenvalue weighted by Gasteiger charge is 2.28. The van der Waals surface area contributed by atoms with Gasteiger partial charge in [-0.15, -0.1) is 0 Å². The molecule has 0 heterocycles. The van der Waals surface area contributed by atoms with Gasteiger partial charge in [-0.25, -0.2) is 0 Å². The van der Waals surface area contributed by atoms with Crippen LogP contribution in [0.2, 0.25) is 20.1 Å². The van der Waals surface area contributed by atoms with E-state index < -0.39 is 6.04 Å². The van der Waals surface area contributed by atoms with Crippen LogP contribution in [0.3, 0.4) is 0 Å². The number of hydrogen-bond donors (Lipinski definition) is 1. The average Bonchev–Trinajstić information content (AvgIpc) is 2.66. The Labute approximate surface area is 191 Å². The van der Waals surface area contributed by atoms with Gasteiger partial charge in [0, 0.05) is 23.1 Å². The molecule has 0 aliphatic heterocycles. The van der Waals surface area contributed by atoms with E-state index in [0.29, 0.717) is 38.6 Å². The zero-order chi connectivity index (χ0) is 21.6. The van der Waals surface area contributed by atoms with Crippen LogP contribution in [0.15, 0.2) is 36.4 Å². The van der Waals surface area contributed by atoms with Crippen molar-refractivity contribution in [3.8, 4) is 0 Å². The van der Waals surface area contributed by atoms with E-state index in [0.717, 1.165) is 5.56 Å². The van der Waals surface area contributed by atoms with E-state index in [1.165, 1.54) is 0 Å². The van der Waals surface area contributed by atoms with Gasteiger partial charge in [0.1, 0.15) is 6.04 Å². The largest absolute Gasteiger partial charge is 0.355 e. The van der Waals surface area contributed by atoms with Gasteiger partial charge < -0.3 is 10.2 Å². The van der Waals surface area contributed by atoms with Gasteiger partial charge in [0.05, 0.1) is 16.5 Å². The fraction of sp³-hybridized carbons (Fsp3) is 0.333. The quantitative estimate of drug-likeness (QED) is 0.525. The molecule has 2 rings (SSSR count). The number of likely N-dealkylation sites (N-methyl/N-ethyl adjacent to an activating group) is 1. The van der Waals surface area contributed by atoms with E-state index >= 15 is 0 Å². The number of carbonyl (C=O) groups excluding carboxylic acids is 2. The first kappa shape index (κ1) is 23.8. The lowest BCUT2D eigenvalue weighted by atomic mass is 10.1. The highest BCUT2D eigenvalue weighted by molar-refractivity contribution is 6.42. The second-order valence-electron chi connectivity index (χ2n) is 6.50. The lowest BCUT2D eigenvalue weighted by molar-refractivity contribution is -0.140. The van der Waals surface area contributed by atoms with Crippen LogP contribution in [-0.2, 0) is 22.6 Å². The van der Waals surface area contributed by atoms with Crippen LogP contribution in [0.1, 0.15) is 31.4 Å². The number of nitrogens with zero attached hydrogens (tertiary/aromatic N) is 1. The lowest BCUT2D eigenvalue weighted by Gasteiger charge is -2.31. The van der Waals surface area contributed by atoms with Gasteiger partial charge in [0.25, 0.3) is 0 Å². The Balaban J connectivity index is 2.34. The standard InChI is InChI=1S/C21H22Cl4N2O2/c1-3-19(21(29)26-4-2)27(12-13-5-8-16(23)18(25)9-13)20(28)10-14-6-7-15(22)11-17(14)24/h5-9,11,19H,3-4,10,12H2,1-2H3,(H,26,29)/t19-/m0/s1. The van der Waals surface area contributed by atoms with Gasteiger partial charge in [-0.1, -0.05) is 65.5 Å². The Morgan fingerprint density at radius 3 is 2.28 bits per heavy atom. The number of hydrogen-bond acceptors (Lipinski definition) is 2. The lowest BCUT2D eigenvalue weighted by Crippen LogP contribution is -2.49. The van der Waals surface area contributed by atoms with Crippen molar-refractivity contribution in [2.24, 2.45) is 0 Å². The summed E-state index contributed by atoms with van der Waals surface area (Å²) in [6, 6.07) is 9.52. The molecule has 8 heteroatoms. The second-order valence-corrected chi connectivity index (χ2v) is 8.16. The minimum Gasteiger partial charge on any atom is -0.355 e. The third kappa shape index (κ3) is 6.51. The van der Waals surface area contributed by atoms with Crippen LogP contribution < -0.4 is 5.32 Å². The van der Waals surface area contributed by atoms with Crippen molar-refractivity contribution in [1.29, 1.82) is 0 Å². The third-order valence-corrected chi connectivity index (χ3v) is 5.76. The third-order valence-electron chi connectivity index (χ3n) is 4.43. The molecule has 0 aromatic heterocycles. The van der Waals surface area contributed by atoms with Crippen LogP contribution in [0.25, 0.3) is 0 Å². The number of carbonyl (C=O) groups is 2. The molecule has 0 spiro atoms. The summed E-state index contributed by atoms with van der Waals surface area (Å²) >= 11 is 24.3. The smallest absolute Gasteiger partial charge is 0.242 e. The Morgan fingerprint density at radius 2 is 1.69 bits per heavy atom. The summed E-state index contributed by atoms with van der Waals surface area (Å²) in [5.41, 5.74) is 1.42. The van der Waals surface area contributed by atoms with Gasteiger partial charge in [-0.05, 0) is 48.7 Å². The molecule has 0 radical (unpaired) electrons. The normalized spacial score (nSPS) is 11.8. The molecule has 4 nitrogen and oxygen atoms in total. The molecule has 0 aliphatic carbocycles. The van der Waals surface area contributed by atoms with E-state index in [9.17, 15) is 9.59 Å². The minimum atomic E-state index is -0.622. The van der Waals surface area contributed by atoms with Gasteiger partial charge in [-0.3, -0.25) is 9.59 Å². The molecule has 156 valence electrons. The predicted molar refractivity (Wildman–Crippen MR) is 120 cm³/mol. The zero-order valence-corrected chi connectivity index (χ0v) is 19.2. The summed E-state index contributed by atoms with van der Waals surface area (Å²) in [4.78, 5) is 27.4. The Hall–Kier alpha value is -1.46. The van der Waals surface area contributed by atoms with Crippen molar-refractivity contribution in [3.05, 3.63) is 67.6 Å². The number of benzene rings is 2. The van der Waals surface area contributed by atoms with E-state index in [4.69, 9.17) is 46.4 Å². The van der Waals surface area contributed by atoms with Gasteiger partial charge in [-0.2, -0.15) is 0 Å². The van der Waals surface area contributed by atoms with Crippen molar-refractivity contribution in [2.75, 3.05) is 6.54 Å². The van der Waals surface area contributed by atoms with Gasteiger partial charge in [0.2, 0.25) is 11.8 Å². The minimum absolute atomic E-state index is 0.0488. The van der Waals surface area contributed by atoms with Crippen molar-refractivity contribution in [2.45, 2.75) is 39.3 Å². The van der Waals surface area contributed by atoms with Gasteiger partial charge >= 0.3 is 0 Å². The molecular weight excluding hydrogens is 454 g/mol. The first-order valence-corrected chi connectivity index (χ1v) is 10.7. The first-order valence-electron chi connectivity index (χ1n) is 9.21. The Morgan fingerprint density at radius 1 is 0.966 bits per heavy atom. The molecule has 0 bridgehead atoms. The van der Waals surface area contributed by atoms with Crippen molar-refractivity contribution < 1.29 is 9.59 Å². The second kappa shape index (κ2) is 11.1. The topological polar surface area (TPSA) is 49.4 Å². The first-order chi connectivity index (χ1) is 13.8. The van der Waals surface area contributed by atoms with E-state index in [1.807, 2.05) is 13.8 Å². The number of rotatable bonds is 8. The molecule has 1 atom stereocenters. The number of nitrogens with one attached hydrogen (secondary N) is 1. The molecule has 1 N–H and O–H groups in total. The maximum absolute atomic E-state index is 13.2. The van der Waals surface area contributed by atoms with Crippen molar-refractivity contribution in [3.63, 3.8) is 0 Å². The summed E-state index contributed by atoms with van der Waals surface area (Å²) in [6.45, 7) is 4.40. The maximum Gasteiger partial charge on any atom is 0.242 e. The van der Waals surface area contributed by atoms with Gasteiger partial charge in [0.15, 0.2) is 0 Å². The highest BCUT2D eigenvalue weighted by atomic mass is 35.5. The molecule has 2 amide bonds. The van der Waals surface area contributed by atoms with E-state index in [2.05, 4.69) is 5.32 Å². The maximum atomic E-state index is 13.2. The van der Waals surface area contributed by atoms with Crippen LogP contribution >= 0.6 is 46.4 Å². The SMILES string of the molecule is CCNC(=O)[C@H](CC)N(Cc1ccc(Cl)c(Cl)c1)C(=O)Cc1ccc(Cl)cc1Cl. The molecular formula is C21H22Cl4N2O2. The molecule has 29 heavy (non-hydrogen) atoms. The molecule has 2 aromatic carbocycles. The number of amides is 2. The summed E-state index contributed by atoms with van der Waals surface area (Å²) in [5.74, 6) is -0.427. The van der Waals surface area contributed by atoms with Crippen LogP contribution in [0.5, 0.6) is 0 Å². The molecule has 0 aliphatic rings. The summed E-state index contributed by atoms with van der Waals surface area (Å²) < 4.78 is 0. The monoisotopic (exact) mass is 474 g/mol. The Kier molecular flexibility index (Phi) is 9.09. The summed E-state index contributed by atoms with van der Waals surface area (Å²) in [7, 11) is 0. The predicted octanol–water partition coefficient (Wildman–Crippen LogP) is 5.79. The summed E-state index contributed by atoms with van der Waals surface area (Å²) in [6.07, 6.45) is 0.514.